The second-order valence-corrected chi connectivity index (χ2v) is 72.1. The van der Waals surface area contributed by atoms with Gasteiger partial charge in [-0.05, 0) is 172 Å². The second kappa shape index (κ2) is 50.2. The number of nitrogens with one attached hydrogen (secondary N) is 2. The molecule has 138 heavy (non-hydrogen) atoms. The molecule has 4 heterocycles. The fourth-order valence-electron chi connectivity index (χ4n) is 15.2. The van der Waals surface area contributed by atoms with Gasteiger partial charge in [0.25, 0.3) is 17.1 Å². The molecular weight excluding hydrogens is 2650 g/mol. The predicted molar refractivity (Wildman–Crippen MR) is 565 cm³/mol. The van der Waals surface area contributed by atoms with E-state index in [1.165, 1.54) is 78.9 Å². The van der Waals surface area contributed by atoms with Crippen LogP contribution in [0.25, 0.3) is 66.7 Å². The van der Waals surface area contributed by atoms with Crippen molar-refractivity contribution >= 4 is 282 Å². The Morgan fingerprint density at radius 2 is 0.891 bits per heavy atom. The quantitative estimate of drug-likeness (QED) is 0.0102. The molecule has 18 rings (SSSR count). The fraction of sp³-hybridized carbons (Fsp3) is 0.198. The van der Waals surface area contributed by atoms with Crippen LogP contribution in [0.2, 0.25) is 0 Å². The summed E-state index contributed by atoms with van der Waals surface area (Å²) < 4.78 is 136. The molecule has 3 aromatic heterocycles. The number of hydrogen-bond donors (Lipinski definition) is 3. The second-order valence-electron chi connectivity index (χ2n) is 30.0. The van der Waals surface area contributed by atoms with Gasteiger partial charge in [-0.3, -0.25) is 49.5 Å². The number of nitrogen functional groups attached to an aromatic ring is 1. The molecule has 3 aliphatic carbocycles. The van der Waals surface area contributed by atoms with Crippen LogP contribution in [0.3, 0.4) is 0 Å². The van der Waals surface area contributed by atoms with Gasteiger partial charge in [0, 0.05) is 163 Å². The van der Waals surface area contributed by atoms with Crippen LogP contribution in [-0.4, -0.2) is 145 Å². The minimum atomic E-state index is -4.73. The Morgan fingerprint density at radius 1 is 0.478 bits per heavy atom. The van der Waals surface area contributed by atoms with Gasteiger partial charge in [0.15, 0.2) is 34.6 Å². The molecule has 47 heteroatoms. The number of non-ortho nitro benzene ring substituents is 2. The summed E-state index contributed by atoms with van der Waals surface area (Å²) in [4.78, 5) is 84.7. The number of hydrogen-bond acceptors (Lipinski definition) is 32. The first-order chi connectivity index (χ1) is 65.5. The number of fused-ring (bicyclic) bond motifs is 6. The van der Waals surface area contributed by atoms with Crippen LogP contribution in [0.4, 0.5) is 51.2 Å². The number of rotatable bonds is 28. The van der Waals surface area contributed by atoms with E-state index in [2.05, 4.69) is 176 Å². The fourth-order valence-corrected chi connectivity index (χ4v) is 18.7. The van der Waals surface area contributed by atoms with Crippen LogP contribution in [0.5, 0.6) is 0 Å². The number of nitrogens with two attached hydrogens (primary N) is 1. The van der Waals surface area contributed by atoms with Crippen molar-refractivity contribution in [3.8, 4) is 34.0 Å². The Bertz CT molecular complexity index is 7300. The van der Waals surface area contributed by atoms with E-state index < -0.39 is 50.0 Å². The van der Waals surface area contributed by atoms with Gasteiger partial charge in [-0.15, -0.1) is 0 Å². The van der Waals surface area contributed by atoms with Gasteiger partial charge in [0.1, 0.15) is 52.7 Å². The van der Waals surface area contributed by atoms with Gasteiger partial charge in [0.2, 0.25) is 0 Å². The number of para-hydroxylation sites is 1. The normalized spacial score (nSPS) is 13.0. The van der Waals surface area contributed by atoms with Crippen LogP contribution >= 0.6 is 145 Å². The van der Waals surface area contributed by atoms with Crippen molar-refractivity contribution in [1.82, 2.24) is 15.5 Å². The molecule has 722 valence electrons. The summed E-state index contributed by atoms with van der Waals surface area (Å²) in [6.07, 6.45) is 4.96. The zero-order valence-electron chi connectivity index (χ0n) is 70.7. The topological polar surface area (TPSA) is 528 Å². The molecule has 1 saturated heterocycles. The van der Waals surface area contributed by atoms with Crippen molar-refractivity contribution in [2.75, 3.05) is 74.0 Å². The summed E-state index contributed by atoms with van der Waals surface area (Å²) in [7, 11) is -13.7. The summed E-state index contributed by atoms with van der Waals surface area (Å²) >= 11 is 22.0. The van der Waals surface area contributed by atoms with E-state index in [0.717, 1.165) is 44.9 Å². The van der Waals surface area contributed by atoms with Gasteiger partial charge in [-0.2, -0.15) is 0 Å². The first-order valence-electron chi connectivity index (χ1n) is 40.8. The third-order valence-electron chi connectivity index (χ3n) is 21.3. The van der Waals surface area contributed by atoms with Crippen molar-refractivity contribution in [1.29, 1.82) is 0 Å². The molecule has 0 amide bonds. The number of aromatic nitrogens is 3. The van der Waals surface area contributed by atoms with Crippen molar-refractivity contribution < 1.29 is 106 Å². The van der Waals surface area contributed by atoms with Gasteiger partial charge >= 0.3 is 64.9 Å². The zero-order chi connectivity index (χ0) is 98.7. The molecule has 4 aliphatic rings. The van der Waals surface area contributed by atoms with Gasteiger partial charge in [-0.1, -0.05) is 132 Å². The van der Waals surface area contributed by atoms with Crippen LogP contribution in [0.1, 0.15) is 106 Å². The van der Waals surface area contributed by atoms with E-state index in [9.17, 15) is 88.4 Å². The van der Waals surface area contributed by atoms with E-state index in [-0.39, 0.29) is 73.9 Å². The van der Waals surface area contributed by atoms with Crippen LogP contribution in [0, 0.1) is 36.3 Å². The number of nitrogens with zero attached hydrogens (tertiary/aromatic N) is 7. The number of Topliss-reactive ketones (excluding diaryl/α,β-unsaturated/α-hetero) is 1. The van der Waals surface area contributed by atoms with Gasteiger partial charge in [0.05, 0.1) is 112 Å². The number of unbranched alkanes of at least 4 members (excludes halogenated alkanes) is 2. The standard InChI is InChI=1S/C44H47N5O13S.C20H11BrN2O5S.C14H5Br2NO2.C6H7NO3S.C6H5NO2.CH4.I2.3HI.V/c50-39(15-4-6-20-60-22-24-61-23-21-59-19-5-3-9-29-16-17-32(48(52)53)26-37(29)49(54)55)30-10-8-18-47(28-30)38-27-36(45-31-11-7-12-33(25-31)63(56,57)58)40-41-42(38)46-62-44(41)35-14-2-1-13-34(35)43(40)51;21-14-9-15(22-10-4-3-5-11(8-10)29(25,26)27)16-17-18(14)23-28-20(17)13-7-2-1-6-12(13)19(16)24;15-8-5-9(16)12-11-10(8)13(18)6-3-1-2-4-7(6)14(11)19-17-12;7-5-2-1-3-6(4-5)11(8,9)10;8-7(9)6-4-2-1-3-5-6;;1-2;;;;/h1-2,7,11-14,16-17,25-27,30,45H,3-6,8-10,15,18-24,28H2,(H,56,57,58);1-9,22H,(H,25,26,27);1-5H;1-4H,7H2,(H,8,9,10);1-5H;1H4;;3*1H;/q;;;;;;;;;;+3/p-6/t30-;;;;;;;;;;/m0........../s1. The molecule has 0 bridgehead atoms. The minimum absolute atomic E-state index is 0. The molecule has 11 aromatic carbocycles. The third kappa shape index (κ3) is 27.3. The summed E-state index contributed by atoms with van der Waals surface area (Å²) in [5.74, 6) is 1.04. The Kier molecular flexibility index (Phi) is 39.9. The Hall–Kier alpha value is -8.81. The number of nitro benzene ring substituents is 3. The molecular formula is C91H76Br3I5N10O25S3V-3. The van der Waals surface area contributed by atoms with E-state index in [1.807, 2.05) is 42.5 Å². The molecule has 0 spiro atoms. The average molecular weight is 2730 g/mol. The molecule has 1 aliphatic heterocycles. The van der Waals surface area contributed by atoms with Crippen molar-refractivity contribution in [2.24, 2.45) is 5.92 Å². The molecule has 35 nitrogen and oxygen atoms in total. The number of piperidine rings is 1. The number of aryl methyl sites for hydroxylation is 1. The van der Waals surface area contributed by atoms with E-state index in [1.54, 1.807) is 78.9 Å². The van der Waals surface area contributed by atoms with Crippen molar-refractivity contribution in [3.05, 3.63) is 295 Å². The molecule has 14 aromatic rings. The molecule has 4 N–H and O–H groups in total. The van der Waals surface area contributed by atoms with Crippen LogP contribution < -0.4 is 21.3 Å². The maximum absolute atomic E-state index is 14.0. The van der Waals surface area contributed by atoms with E-state index >= 15 is 0 Å². The number of ether oxygens (including phenoxy) is 3. The van der Waals surface area contributed by atoms with Crippen LogP contribution in [0.15, 0.2) is 254 Å². The third-order valence-corrected chi connectivity index (χ3v) is 25.7. The number of anilines is 6. The van der Waals surface area contributed by atoms with Gasteiger partial charge < -0.3 is 62.7 Å². The molecule has 0 saturated carbocycles. The number of halogens is 8. The SMILES string of the molecule is C.II.Nc1cccc(S(=O)(=O)[O-])c1.O=C1c2ccccc2-c2onc3c(Br)cc(Br)c1c23.O=C1c2ccccc2-c2onc3c(Br)cc(Nc4cccc(S(=O)(=O)[O-])c4)c1c23.O=C1c2ccccc2-c2onc3c(N4CCC[C@H](C(=O)CCCCOCCOCCOCCCCc5ccc([N+](=O)[O-])cc5[N+](=O)[O-])C4)cc(Nc4cccc(S(=O)(=O)[O-])c4)c1c23.O=[N+]([O-])c1ccccc1.[I][V]([I])[I]. The van der Waals surface area contributed by atoms with Gasteiger partial charge in [-0.25, -0.2) is 25.3 Å². The predicted octanol–water partition coefficient (Wildman–Crippen LogP) is 23.4. The van der Waals surface area contributed by atoms with E-state index in [4.69, 9.17) is 33.5 Å². The Balaban J connectivity index is 0.000000197. The first kappa shape index (κ1) is 110. The Labute approximate surface area is 875 Å². The summed E-state index contributed by atoms with van der Waals surface area (Å²) in [6, 6.07) is 54.8. The van der Waals surface area contributed by atoms with Crippen molar-refractivity contribution in [3.63, 3.8) is 0 Å². The number of benzene rings is 11. The number of carbonyl (C=O) groups excluding carboxylic acids is 4. The summed E-state index contributed by atoms with van der Waals surface area (Å²) in [6.45, 7) is 3.55. The molecule has 0 unspecified atom stereocenters. The van der Waals surface area contributed by atoms with E-state index in [0.29, 0.717) is 219 Å². The van der Waals surface area contributed by atoms with Crippen molar-refractivity contribution in [2.45, 2.75) is 73.5 Å². The number of nitro groups is 3. The first-order valence-corrected chi connectivity index (χ1v) is 67.2. The zero-order valence-corrected chi connectivity index (χ0v) is 90.1. The number of carbonyl (C=O) groups is 4. The molecule has 1 atom stereocenters. The Morgan fingerprint density at radius 3 is 1.35 bits per heavy atom. The molecule has 0 radical (unpaired) electrons. The number of ketones is 4. The summed E-state index contributed by atoms with van der Waals surface area (Å²) in [5, 5.41) is 52.9. The summed E-state index contributed by atoms with van der Waals surface area (Å²) in [5.41, 5.74) is 14.3. The maximum atomic E-state index is 14.0. The average Bonchev–Trinajstić information content (AvgIpc) is 1.55. The molecule has 1 fully saturated rings. The van der Waals surface area contributed by atoms with Crippen LogP contribution in [-0.2, 0) is 60.7 Å². The monoisotopic (exact) mass is 2730 g/mol.